The van der Waals surface area contributed by atoms with Crippen LogP contribution in [0, 0.1) is 0 Å². The number of aromatic amines is 1. The Morgan fingerprint density at radius 3 is 2.46 bits per heavy atom. The van der Waals surface area contributed by atoms with Crippen LogP contribution >= 0.6 is 11.6 Å². The number of aromatic nitrogens is 1. The molecule has 0 aliphatic heterocycles. The molecule has 0 saturated carbocycles. The summed E-state index contributed by atoms with van der Waals surface area (Å²) < 4.78 is 26.1. The number of rotatable bonds is 5. The highest BCUT2D eigenvalue weighted by atomic mass is 35.5. The second-order valence-electron chi connectivity index (χ2n) is 5.29. The van der Waals surface area contributed by atoms with Crippen LogP contribution in [0.4, 0.5) is 0 Å². The third-order valence-electron chi connectivity index (χ3n) is 3.30. The van der Waals surface area contributed by atoms with Gasteiger partial charge in [-0.15, -0.1) is 0 Å². The van der Waals surface area contributed by atoms with Crippen molar-refractivity contribution in [3.8, 4) is 5.75 Å². The monoisotopic (exact) mass is 391 g/mol. The minimum Gasteiger partial charge on any atom is -0.494 e. The van der Waals surface area contributed by atoms with Gasteiger partial charge in [0, 0.05) is 27.4 Å². The summed E-state index contributed by atoms with van der Waals surface area (Å²) in [5.74, 6) is 0.697. The number of halogens is 1. The van der Waals surface area contributed by atoms with Crippen molar-refractivity contribution < 1.29 is 13.2 Å². The average molecular weight is 392 g/mol. The number of unbranched alkanes of at least 4 members (excludes halogenated alkanes) is 1. The molecule has 0 saturated heterocycles. The second kappa shape index (κ2) is 10.4. The molecule has 1 N–H and O–H groups in total. The van der Waals surface area contributed by atoms with Gasteiger partial charge in [0.15, 0.2) is 0 Å². The number of pyridine rings is 1. The molecule has 26 heavy (non-hydrogen) atoms. The van der Waals surface area contributed by atoms with Crippen LogP contribution in [0.1, 0.15) is 12.8 Å². The molecule has 0 fully saturated rings. The molecular formula is C19H18ClNO4S. The van der Waals surface area contributed by atoms with Crippen molar-refractivity contribution >= 4 is 38.2 Å². The Bertz CT molecular complexity index is 1020. The molecule has 0 aliphatic rings. The molecule has 3 rings (SSSR count). The third-order valence-corrected chi connectivity index (χ3v) is 4.06. The van der Waals surface area contributed by atoms with Gasteiger partial charge in [-0.25, -0.2) is 0 Å². The van der Waals surface area contributed by atoms with Crippen LogP contribution in [0.25, 0.3) is 10.9 Å². The van der Waals surface area contributed by atoms with Crippen LogP contribution in [-0.4, -0.2) is 25.4 Å². The van der Waals surface area contributed by atoms with Gasteiger partial charge in [0.2, 0.25) is 15.9 Å². The largest absolute Gasteiger partial charge is 0.494 e. The molecule has 2 aromatic carbocycles. The van der Waals surface area contributed by atoms with Crippen LogP contribution in [0.2, 0.25) is 5.02 Å². The maximum Gasteiger partial charge on any atom is 0.248 e. The molecule has 0 unspecified atom stereocenters. The fraction of sp³-hybridized carbons (Fsp3) is 0.158. The third kappa shape index (κ3) is 7.13. The highest BCUT2D eigenvalue weighted by Crippen LogP contribution is 2.18. The van der Waals surface area contributed by atoms with Crippen molar-refractivity contribution in [1.29, 1.82) is 0 Å². The van der Waals surface area contributed by atoms with Gasteiger partial charge in [-0.1, -0.05) is 29.8 Å². The van der Waals surface area contributed by atoms with Crippen molar-refractivity contribution in [3.05, 3.63) is 76.0 Å². The molecule has 3 aromatic rings. The number of H-pyrrole nitrogens is 1. The van der Waals surface area contributed by atoms with Crippen LogP contribution in [0.5, 0.6) is 5.75 Å². The lowest BCUT2D eigenvalue weighted by Crippen LogP contribution is -2.02. The Morgan fingerprint density at radius 2 is 1.81 bits per heavy atom. The zero-order valence-corrected chi connectivity index (χ0v) is 15.5. The van der Waals surface area contributed by atoms with E-state index in [1.165, 1.54) is 11.4 Å². The van der Waals surface area contributed by atoms with Crippen molar-refractivity contribution in [2.24, 2.45) is 0 Å². The Labute approximate surface area is 157 Å². The number of fused-ring (bicyclic) bond motifs is 1. The smallest absolute Gasteiger partial charge is 0.248 e. The minimum absolute atomic E-state index is 0.137. The van der Waals surface area contributed by atoms with Crippen molar-refractivity contribution in [3.63, 3.8) is 0 Å². The Hall–Kier alpha value is -2.57. The molecule has 1 aromatic heterocycles. The van der Waals surface area contributed by atoms with Gasteiger partial charge >= 0.3 is 0 Å². The Balaban J connectivity index is 0.000000290. The van der Waals surface area contributed by atoms with E-state index in [0.29, 0.717) is 25.2 Å². The van der Waals surface area contributed by atoms with E-state index in [-0.39, 0.29) is 5.56 Å². The Kier molecular flexibility index (Phi) is 7.92. The first-order chi connectivity index (χ1) is 12.5. The van der Waals surface area contributed by atoms with Gasteiger partial charge in [0.25, 0.3) is 0 Å². The van der Waals surface area contributed by atoms with E-state index >= 15 is 0 Å². The molecule has 0 amide bonds. The molecule has 0 atom stereocenters. The fourth-order valence-corrected chi connectivity index (χ4v) is 2.59. The lowest BCUT2D eigenvalue weighted by molar-refractivity contribution is 0.314. The van der Waals surface area contributed by atoms with E-state index in [0.717, 1.165) is 15.9 Å². The number of benzene rings is 2. The topological polar surface area (TPSA) is 76.2 Å². The maximum absolute atomic E-state index is 11.1. The van der Waals surface area contributed by atoms with Crippen LogP contribution in [-0.2, 0) is 10.3 Å². The van der Waals surface area contributed by atoms with E-state index in [1.54, 1.807) is 18.2 Å². The van der Waals surface area contributed by atoms with E-state index in [2.05, 4.69) is 4.98 Å². The number of hydrogen-bond donors (Lipinski definition) is 1. The van der Waals surface area contributed by atoms with Gasteiger partial charge < -0.3 is 9.72 Å². The van der Waals surface area contributed by atoms with Crippen LogP contribution in [0.3, 0.4) is 0 Å². The molecule has 1 heterocycles. The molecule has 7 heteroatoms. The average Bonchev–Trinajstić information content (AvgIpc) is 2.62. The van der Waals surface area contributed by atoms with Crippen LogP contribution < -0.4 is 10.3 Å². The first-order valence-electron chi connectivity index (χ1n) is 7.92. The number of hydrogen-bond acceptors (Lipinski definition) is 4. The van der Waals surface area contributed by atoms with Crippen molar-refractivity contribution in [2.45, 2.75) is 12.8 Å². The van der Waals surface area contributed by atoms with Gasteiger partial charge in [-0.2, -0.15) is 8.42 Å². The van der Waals surface area contributed by atoms with E-state index in [1.807, 2.05) is 36.4 Å². The first kappa shape index (κ1) is 19.8. The van der Waals surface area contributed by atoms with Crippen molar-refractivity contribution in [1.82, 2.24) is 4.98 Å². The van der Waals surface area contributed by atoms with E-state index in [4.69, 9.17) is 16.3 Å². The fourth-order valence-electron chi connectivity index (χ4n) is 2.09. The standard InChI is InChI=1S/C13H13NO4S.C6H5Cl/c15-13-6-3-10-9-11(4-5-12(10)14-13)18-7-1-2-8-19(16)17;7-6-4-2-1-3-5-6/h3-6,8-9H,1-2,7H2,(H,14,15);1-5H. The summed E-state index contributed by atoms with van der Waals surface area (Å²) in [4.78, 5) is 13.8. The summed E-state index contributed by atoms with van der Waals surface area (Å²) in [6, 6.07) is 18.0. The van der Waals surface area contributed by atoms with E-state index in [9.17, 15) is 13.2 Å². The molecule has 0 radical (unpaired) electrons. The Morgan fingerprint density at radius 1 is 1.04 bits per heavy atom. The summed E-state index contributed by atoms with van der Waals surface area (Å²) in [5, 5.41) is 2.90. The predicted octanol–water partition coefficient (Wildman–Crippen LogP) is 3.71. The maximum atomic E-state index is 11.1. The normalized spacial score (nSPS) is 9.88. The summed E-state index contributed by atoms with van der Waals surface area (Å²) >= 11 is 5.54. The lowest BCUT2D eigenvalue weighted by atomic mass is 10.2. The highest BCUT2D eigenvalue weighted by Gasteiger charge is 1.98. The SMILES string of the molecule is Clc1ccccc1.O=c1ccc2cc(OCCCC=S(=O)=O)ccc2[nH]1. The molecular weight excluding hydrogens is 374 g/mol. The summed E-state index contributed by atoms with van der Waals surface area (Å²) in [5.41, 5.74) is 0.622. The number of ether oxygens (including phenoxy) is 1. The summed E-state index contributed by atoms with van der Waals surface area (Å²) in [7, 11) is -2.10. The first-order valence-corrected chi connectivity index (χ1v) is 9.44. The van der Waals surface area contributed by atoms with Gasteiger partial charge in [-0.05, 0) is 49.2 Å². The second-order valence-corrected chi connectivity index (χ2v) is 6.58. The molecule has 0 aliphatic carbocycles. The zero-order valence-electron chi connectivity index (χ0n) is 13.9. The summed E-state index contributed by atoms with van der Waals surface area (Å²) in [6.07, 6.45) is 1.11. The predicted molar refractivity (Wildman–Crippen MR) is 106 cm³/mol. The zero-order chi connectivity index (χ0) is 18.8. The van der Waals surface area contributed by atoms with Gasteiger partial charge in [-0.3, -0.25) is 4.79 Å². The lowest BCUT2D eigenvalue weighted by Gasteiger charge is -2.06. The highest BCUT2D eigenvalue weighted by molar-refractivity contribution is 7.71. The van der Waals surface area contributed by atoms with Gasteiger partial charge in [0.05, 0.1) is 6.61 Å². The summed E-state index contributed by atoms with van der Waals surface area (Å²) in [6.45, 7) is 0.447. The molecule has 0 bridgehead atoms. The van der Waals surface area contributed by atoms with Crippen LogP contribution in [0.15, 0.2) is 65.5 Å². The van der Waals surface area contributed by atoms with Crippen molar-refractivity contribution in [2.75, 3.05) is 6.61 Å². The van der Waals surface area contributed by atoms with Gasteiger partial charge in [0.1, 0.15) is 5.75 Å². The molecule has 5 nitrogen and oxygen atoms in total. The quantitative estimate of drug-likeness (QED) is 0.531. The van der Waals surface area contributed by atoms with E-state index < -0.39 is 10.3 Å². The molecule has 0 spiro atoms. The minimum atomic E-state index is -2.10. The molecule has 136 valence electrons. The number of nitrogens with one attached hydrogen (secondary N) is 1.